The fourth-order valence-corrected chi connectivity index (χ4v) is 4.69. The molecule has 5 nitrogen and oxygen atoms in total. The monoisotopic (exact) mass is 376 g/mol. The van der Waals surface area contributed by atoms with E-state index in [1.54, 1.807) is 12.2 Å². The highest BCUT2D eigenvalue weighted by molar-refractivity contribution is 6.07. The average Bonchev–Trinajstić information content (AvgIpc) is 2.95. The zero-order chi connectivity index (χ0) is 19.9. The van der Waals surface area contributed by atoms with Gasteiger partial charge in [-0.05, 0) is 58.7 Å². The number of fused-ring (bicyclic) bond motifs is 3. The fourth-order valence-electron chi connectivity index (χ4n) is 4.69. The quantitative estimate of drug-likeness (QED) is 0.601. The standard InChI is InChI=1S/C23H28N4O/c1-22(2)12-16(13-23(3,4)27-22)25-21(28)10-9-15-11-18-17-7-5-6-8-19(17)26-20(18)14-24-15/h5-11,14,16,26-27H,12-13H2,1-4H3,(H,25,28)/b10-9+. The van der Waals surface area contributed by atoms with Gasteiger partial charge in [0.1, 0.15) is 0 Å². The molecule has 3 N–H and O–H groups in total. The number of pyridine rings is 1. The Morgan fingerprint density at radius 2 is 1.82 bits per heavy atom. The molecular formula is C23H28N4O. The number of nitrogens with zero attached hydrogens (tertiary/aromatic N) is 1. The van der Waals surface area contributed by atoms with Crippen molar-refractivity contribution >= 4 is 33.8 Å². The molecule has 1 aliphatic rings. The molecule has 0 unspecified atom stereocenters. The molecule has 0 bridgehead atoms. The Labute approximate surface area is 165 Å². The maximum atomic E-state index is 12.5. The van der Waals surface area contributed by atoms with E-state index in [0.29, 0.717) is 0 Å². The summed E-state index contributed by atoms with van der Waals surface area (Å²) in [6.45, 7) is 8.74. The average molecular weight is 377 g/mol. The highest BCUT2D eigenvalue weighted by Gasteiger charge is 2.37. The van der Waals surface area contributed by atoms with Crippen LogP contribution in [0.2, 0.25) is 0 Å². The number of hydrogen-bond acceptors (Lipinski definition) is 3. The van der Waals surface area contributed by atoms with E-state index in [-0.39, 0.29) is 23.0 Å². The van der Waals surface area contributed by atoms with Crippen LogP contribution in [-0.4, -0.2) is 33.0 Å². The molecule has 1 aromatic carbocycles. The van der Waals surface area contributed by atoms with Crippen LogP contribution in [0.5, 0.6) is 0 Å². The van der Waals surface area contributed by atoms with Gasteiger partial charge in [-0.2, -0.15) is 0 Å². The molecule has 4 rings (SSSR count). The van der Waals surface area contributed by atoms with E-state index in [4.69, 9.17) is 0 Å². The molecule has 0 saturated carbocycles. The van der Waals surface area contributed by atoms with Crippen molar-refractivity contribution in [1.82, 2.24) is 20.6 Å². The second-order valence-electron chi connectivity index (χ2n) is 9.17. The van der Waals surface area contributed by atoms with Gasteiger partial charge in [0.2, 0.25) is 5.91 Å². The molecule has 1 fully saturated rings. The Morgan fingerprint density at radius 3 is 2.57 bits per heavy atom. The summed E-state index contributed by atoms with van der Waals surface area (Å²) < 4.78 is 0. The molecule has 3 heterocycles. The number of carbonyl (C=O) groups is 1. The molecule has 1 saturated heterocycles. The number of nitrogens with one attached hydrogen (secondary N) is 3. The van der Waals surface area contributed by atoms with Gasteiger partial charge in [0.05, 0.1) is 17.4 Å². The maximum Gasteiger partial charge on any atom is 0.244 e. The molecule has 1 amide bonds. The summed E-state index contributed by atoms with van der Waals surface area (Å²) in [6, 6.07) is 10.4. The van der Waals surface area contributed by atoms with Gasteiger partial charge in [0.25, 0.3) is 0 Å². The first-order chi connectivity index (χ1) is 13.2. The predicted molar refractivity (Wildman–Crippen MR) is 115 cm³/mol. The third kappa shape index (κ3) is 3.94. The number of benzene rings is 1. The van der Waals surface area contributed by atoms with Crippen LogP contribution in [0.1, 0.15) is 46.2 Å². The third-order valence-corrected chi connectivity index (χ3v) is 5.35. The van der Waals surface area contributed by atoms with Gasteiger partial charge in [-0.1, -0.05) is 18.2 Å². The fraction of sp³-hybridized carbons (Fsp3) is 0.391. The number of H-pyrrole nitrogens is 1. The predicted octanol–water partition coefficient (Wildman–Crippen LogP) is 4.15. The molecule has 0 spiro atoms. The molecule has 5 heteroatoms. The van der Waals surface area contributed by atoms with Crippen molar-refractivity contribution < 1.29 is 4.79 Å². The molecule has 1 aliphatic heterocycles. The summed E-state index contributed by atoms with van der Waals surface area (Å²) in [4.78, 5) is 20.3. The molecule has 0 aliphatic carbocycles. The summed E-state index contributed by atoms with van der Waals surface area (Å²) in [7, 11) is 0. The summed E-state index contributed by atoms with van der Waals surface area (Å²) >= 11 is 0. The van der Waals surface area contributed by atoms with Crippen LogP contribution < -0.4 is 10.6 Å². The first kappa shape index (κ1) is 18.7. The first-order valence-electron chi connectivity index (χ1n) is 9.85. The highest BCUT2D eigenvalue weighted by atomic mass is 16.1. The Kier molecular flexibility index (Phi) is 4.50. The second-order valence-corrected chi connectivity index (χ2v) is 9.17. The zero-order valence-electron chi connectivity index (χ0n) is 17.0. The molecule has 0 radical (unpaired) electrons. The first-order valence-corrected chi connectivity index (χ1v) is 9.85. The van der Waals surface area contributed by atoms with Crippen molar-refractivity contribution in [2.45, 2.75) is 57.7 Å². The number of aromatic nitrogens is 2. The third-order valence-electron chi connectivity index (χ3n) is 5.35. The van der Waals surface area contributed by atoms with Gasteiger partial charge < -0.3 is 15.6 Å². The van der Waals surface area contributed by atoms with Crippen LogP contribution in [0.25, 0.3) is 27.9 Å². The lowest BCUT2D eigenvalue weighted by molar-refractivity contribution is -0.117. The summed E-state index contributed by atoms with van der Waals surface area (Å²) in [6.07, 6.45) is 7.02. The Balaban J connectivity index is 1.49. The van der Waals surface area contributed by atoms with Crippen LogP contribution in [0.15, 0.2) is 42.6 Å². The SMILES string of the molecule is CC1(C)CC(NC(=O)/C=C/c2cc3c(cn2)[nH]c2ccccc23)CC(C)(C)N1. The van der Waals surface area contributed by atoms with Gasteiger partial charge in [0.15, 0.2) is 0 Å². The lowest BCUT2D eigenvalue weighted by Gasteiger charge is -2.46. The van der Waals surface area contributed by atoms with Gasteiger partial charge in [-0.3, -0.25) is 9.78 Å². The minimum absolute atomic E-state index is 0.00530. The van der Waals surface area contributed by atoms with Crippen LogP contribution in [0.4, 0.5) is 0 Å². The summed E-state index contributed by atoms with van der Waals surface area (Å²) in [5, 5.41) is 9.09. The normalized spacial score (nSPS) is 19.4. The van der Waals surface area contributed by atoms with Gasteiger partial charge in [-0.15, -0.1) is 0 Å². The maximum absolute atomic E-state index is 12.5. The van der Waals surface area contributed by atoms with Crippen molar-refractivity contribution in [1.29, 1.82) is 0 Å². The molecule has 146 valence electrons. The number of aromatic amines is 1. The van der Waals surface area contributed by atoms with Crippen molar-refractivity contribution in [2.24, 2.45) is 0 Å². The van der Waals surface area contributed by atoms with E-state index < -0.39 is 0 Å². The molecule has 3 aromatic rings. The zero-order valence-corrected chi connectivity index (χ0v) is 17.0. The highest BCUT2D eigenvalue weighted by Crippen LogP contribution is 2.28. The Morgan fingerprint density at radius 1 is 1.11 bits per heavy atom. The van der Waals surface area contributed by atoms with Gasteiger partial charge >= 0.3 is 0 Å². The van der Waals surface area contributed by atoms with Crippen LogP contribution >= 0.6 is 0 Å². The summed E-state index contributed by atoms with van der Waals surface area (Å²) in [5.41, 5.74) is 2.88. The summed E-state index contributed by atoms with van der Waals surface area (Å²) in [5.74, 6) is -0.0701. The van der Waals surface area contributed by atoms with Crippen molar-refractivity contribution in [3.8, 4) is 0 Å². The topological polar surface area (TPSA) is 69.8 Å². The minimum Gasteiger partial charge on any atom is -0.353 e. The van der Waals surface area contributed by atoms with E-state index in [0.717, 1.165) is 40.3 Å². The number of hydrogen-bond donors (Lipinski definition) is 3. The molecule has 0 atom stereocenters. The minimum atomic E-state index is -0.0701. The van der Waals surface area contributed by atoms with E-state index in [1.807, 2.05) is 24.4 Å². The van der Waals surface area contributed by atoms with Crippen LogP contribution in [-0.2, 0) is 4.79 Å². The van der Waals surface area contributed by atoms with Crippen molar-refractivity contribution in [2.75, 3.05) is 0 Å². The number of rotatable bonds is 3. The number of amides is 1. The van der Waals surface area contributed by atoms with Gasteiger partial charge in [0, 0.05) is 39.5 Å². The van der Waals surface area contributed by atoms with Crippen molar-refractivity contribution in [3.05, 3.63) is 48.3 Å². The number of para-hydroxylation sites is 1. The molecule has 2 aromatic heterocycles. The number of piperidine rings is 1. The van der Waals surface area contributed by atoms with E-state index in [2.05, 4.69) is 60.4 Å². The Hall–Kier alpha value is -2.66. The van der Waals surface area contributed by atoms with Crippen molar-refractivity contribution in [3.63, 3.8) is 0 Å². The lowest BCUT2D eigenvalue weighted by Crippen LogP contribution is -2.62. The Bertz CT molecular complexity index is 1040. The van der Waals surface area contributed by atoms with Crippen LogP contribution in [0, 0.1) is 0 Å². The molecule has 28 heavy (non-hydrogen) atoms. The van der Waals surface area contributed by atoms with E-state index in [1.165, 1.54) is 0 Å². The molecular weight excluding hydrogens is 348 g/mol. The smallest absolute Gasteiger partial charge is 0.244 e. The van der Waals surface area contributed by atoms with E-state index >= 15 is 0 Å². The largest absolute Gasteiger partial charge is 0.353 e. The van der Waals surface area contributed by atoms with Crippen LogP contribution in [0.3, 0.4) is 0 Å². The second kappa shape index (κ2) is 6.74. The lowest BCUT2D eigenvalue weighted by atomic mass is 9.79. The van der Waals surface area contributed by atoms with E-state index in [9.17, 15) is 4.79 Å². The number of carbonyl (C=O) groups excluding carboxylic acids is 1. The van der Waals surface area contributed by atoms with Gasteiger partial charge in [-0.25, -0.2) is 0 Å².